The minimum absolute atomic E-state index is 0.0331. The van der Waals surface area contributed by atoms with E-state index >= 15 is 0 Å². The molecule has 1 rings (SSSR count). The molecule has 7 nitrogen and oxygen atoms in total. The van der Waals surface area contributed by atoms with E-state index in [4.69, 9.17) is 5.11 Å². The average molecular weight is 293 g/mol. The summed E-state index contributed by atoms with van der Waals surface area (Å²) in [6.07, 6.45) is 5.06. The van der Waals surface area contributed by atoms with E-state index in [2.05, 4.69) is 15.6 Å². The number of unbranched alkanes of at least 4 members (excludes halogenated alkanes) is 1. The highest BCUT2D eigenvalue weighted by atomic mass is 16.4. The van der Waals surface area contributed by atoms with E-state index in [-0.39, 0.29) is 12.8 Å². The van der Waals surface area contributed by atoms with Gasteiger partial charge in [-0.15, -0.1) is 0 Å². The van der Waals surface area contributed by atoms with Gasteiger partial charge in [-0.05, 0) is 37.0 Å². The molecule has 0 spiro atoms. The van der Waals surface area contributed by atoms with E-state index in [1.807, 2.05) is 12.1 Å². The van der Waals surface area contributed by atoms with Gasteiger partial charge in [-0.3, -0.25) is 19.9 Å². The molecule has 0 aliphatic rings. The van der Waals surface area contributed by atoms with Gasteiger partial charge < -0.3 is 10.4 Å². The van der Waals surface area contributed by atoms with Crippen LogP contribution in [0.1, 0.15) is 31.2 Å². The Bertz CT molecular complexity index is 476. The lowest BCUT2D eigenvalue weighted by atomic mass is 10.2. The minimum atomic E-state index is -0.885. The molecule has 3 amide bonds. The largest absolute Gasteiger partial charge is 0.481 e. The van der Waals surface area contributed by atoms with Crippen LogP contribution in [-0.2, 0) is 16.0 Å². The molecule has 1 heterocycles. The molecule has 114 valence electrons. The first-order valence-corrected chi connectivity index (χ1v) is 6.76. The van der Waals surface area contributed by atoms with Gasteiger partial charge >= 0.3 is 12.0 Å². The molecule has 0 fully saturated rings. The van der Waals surface area contributed by atoms with Crippen molar-refractivity contribution in [2.45, 2.75) is 32.1 Å². The molecule has 0 unspecified atom stereocenters. The summed E-state index contributed by atoms with van der Waals surface area (Å²) in [6.45, 7) is 0.419. The molecule has 1 aromatic rings. The molecule has 7 heteroatoms. The Morgan fingerprint density at radius 3 is 2.43 bits per heavy atom. The topological polar surface area (TPSA) is 108 Å². The molecule has 1 aromatic heterocycles. The van der Waals surface area contributed by atoms with Crippen molar-refractivity contribution >= 4 is 17.9 Å². The summed E-state index contributed by atoms with van der Waals surface area (Å²) in [5, 5.41) is 13.2. The molecule has 0 aliphatic heterocycles. The highest BCUT2D eigenvalue weighted by Crippen LogP contribution is 1.99. The van der Waals surface area contributed by atoms with Crippen LogP contribution in [0.2, 0.25) is 0 Å². The number of rotatable bonds is 8. The number of nitrogens with one attached hydrogen (secondary N) is 2. The molecule has 0 saturated carbocycles. The molecule has 0 radical (unpaired) electrons. The van der Waals surface area contributed by atoms with Crippen LogP contribution in [0.15, 0.2) is 24.5 Å². The van der Waals surface area contributed by atoms with E-state index in [0.717, 1.165) is 5.56 Å². The van der Waals surface area contributed by atoms with E-state index in [1.165, 1.54) is 0 Å². The molecular formula is C14H19N3O4. The van der Waals surface area contributed by atoms with Crippen molar-refractivity contribution in [3.8, 4) is 0 Å². The Balaban J connectivity index is 2.10. The summed E-state index contributed by atoms with van der Waals surface area (Å²) in [5.74, 6) is -1.29. The Morgan fingerprint density at radius 1 is 1.10 bits per heavy atom. The second-order valence-electron chi connectivity index (χ2n) is 4.51. The van der Waals surface area contributed by atoms with Crippen molar-refractivity contribution in [3.63, 3.8) is 0 Å². The lowest BCUT2D eigenvalue weighted by molar-refractivity contribution is -0.137. The van der Waals surface area contributed by atoms with Gasteiger partial charge in [0, 0.05) is 31.8 Å². The lowest BCUT2D eigenvalue weighted by Crippen LogP contribution is -2.40. The van der Waals surface area contributed by atoms with Crippen molar-refractivity contribution in [3.05, 3.63) is 30.1 Å². The minimum Gasteiger partial charge on any atom is -0.481 e. The predicted molar refractivity (Wildman–Crippen MR) is 75.6 cm³/mol. The van der Waals surface area contributed by atoms with Crippen LogP contribution in [0.5, 0.6) is 0 Å². The lowest BCUT2D eigenvalue weighted by Gasteiger charge is -2.06. The van der Waals surface area contributed by atoms with Gasteiger partial charge in [-0.2, -0.15) is 0 Å². The summed E-state index contributed by atoms with van der Waals surface area (Å²) in [4.78, 5) is 37.0. The Kier molecular flexibility index (Phi) is 7.49. The molecular weight excluding hydrogens is 274 g/mol. The number of aliphatic carboxylic acids is 1. The number of urea groups is 1. The number of pyridine rings is 1. The predicted octanol–water partition coefficient (Wildman–Crippen LogP) is 1.09. The maximum Gasteiger partial charge on any atom is 0.321 e. The van der Waals surface area contributed by atoms with Gasteiger partial charge in [0.2, 0.25) is 5.91 Å². The first-order chi connectivity index (χ1) is 10.1. The smallest absolute Gasteiger partial charge is 0.321 e. The maximum atomic E-state index is 11.4. The third-order valence-corrected chi connectivity index (χ3v) is 2.75. The van der Waals surface area contributed by atoms with Crippen LogP contribution in [0, 0.1) is 0 Å². The van der Waals surface area contributed by atoms with Crippen molar-refractivity contribution in [1.82, 2.24) is 15.6 Å². The number of carbonyl (C=O) groups is 3. The first kappa shape index (κ1) is 16.6. The van der Waals surface area contributed by atoms with Crippen LogP contribution >= 0.6 is 0 Å². The number of carbonyl (C=O) groups excluding carboxylic acids is 2. The Morgan fingerprint density at radius 2 is 1.76 bits per heavy atom. The quantitative estimate of drug-likeness (QED) is 0.622. The summed E-state index contributed by atoms with van der Waals surface area (Å²) < 4.78 is 0. The molecule has 21 heavy (non-hydrogen) atoms. The molecule has 0 aromatic carbocycles. The number of aromatic nitrogens is 1. The van der Waals surface area contributed by atoms with Gasteiger partial charge in [0.15, 0.2) is 0 Å². The molecule has 0 saturated heterocycles. The van der Waals surface area contributed by atoms with Gasteiger partial charge in [0.05, 0.1) is 0 Å². The fourth-order valence-electron chi connectivity index (χ4n) is 1.66. The second kappa shape index (κ2) is 9.46. The first-order valence-electron chi connectivity index (χ1n) is 6.76. The van der Waals surface area contributed by atoms with Crippen LogP contribution in [0.4, 0.5) is 4.79 Å². The van der Waals surface area contributed by atoms with Gasteiger partial charge in [-0.1, -0.05) is 0 Å². The summed E-state index contributed by atoms with van der Waals surface area (Å²) in [6, 6.07) is 3.17. The van der Waals surface area contributed by atoms with Crippen molar-refractivity contribution in [2.24, 2.45) is 0 Å². The number of imide groups is 1. The summed E-state index contributed by atoms with van der Waals surface area (Å²) in [5.41, 5.74) is 1.05. The maximum absolute atomic E-state index is 11.4. The van der Waals surface area contributed by atoms with E-state index in [0.29, 0.717) is 25.8 Å². The van der Waals surface area contributed by atoms with Crippen molar-refractivity contribution < 1.29 is 19.5 Å². The van der Waals surface area contributed by atoms with E-state index in [9.17, 15) is 14.4 Å². The summed E-state index contributed by atoms with van der Waals surface area (Å²) >= 11 is 0. The fraction of sp³-hybridized carbons (Fsp3) is 0.429. The number of amides is 3. The second-order valence-corrected chi connectivity index (χ2v) is 4.51. The Hall–Kier alpha value is -2.44. The number of carboxylic acid groups (broad SMARTS) is 1. The summed E-state index contributed by atoms with van der Waals surface area (Å²) in [7, 11) is 0. The number of carboxylic acids is 1. The van der Waals surface area contributed by atoms with Gasteiger partial charge in [0.25, 0.3) is 0 Å². The monoisotopic (exact) mass is 293 g/mol. The highest BCUT2D eigenvalue weighted by molar-refractivity contribution is 5.94. The van der Waals surface area contributed by atoms with Crippen LogP contribution < -0.4 is 10.6 Å². The van der Waals surface area contributed by atoms with Crippen molar-refractivity contribution in [2.75, 3.05) is 6.54 Å². The number of hydrogen-bond acceptors (Lipinski definition) is 4. The van der Waals surface area contributed by atoms with E-state index < -0.39 is 17.9 Å². The van der Waals surface area contributed by atoms with Crippen LogP contribution in [-0.4, -0.2) is 34.5 Å². The van der Waals surface area contributed by atoms with Gasteiger partial charge in [-0.25, -0.2) is 4.79 Å². The zero-order valence-corrected chi connectivity index (χ0v) is 11.7. The van der Waals surface area contributed by atoms with Crippen LogP contribution in [0.3, 0.4) is 0 Å². The average Bonchev–Trinajstić information content (AvgIpc) is 2.44. The zero-order chi connectivity index (χ0) is 15.5. The Labute approximate surface area is 122 Å². The third kappa shape index (κ3) is 8.35. The highest BCUT2D eigenvalue weighted by Gasteiger charge is 2.07. The number of hydrogen-bond donors (Lipinski definition) is 3. The fourth-order valence-corrected chi connectivity index (χ4v) is 1.66. The van der Waals surface area contributed by atoms with E-state index in [1.54, 1.807) is 12.4 Å². The number of nitrogens with zero attached hydrogens (tertiary/aromatic N) is 1. The normalized spacial score (nSPS) is 9.90. The standard InChI is InChI=1S/C14H19N3O4/c18-12(3-1-2-4-13(19)20)17-14(21)16-10-7-11-5-8-15-9-6-11/h5-6,8-9H,1-4,7,10H2,(H,19,20)(H2,16,17,18,21). The van der Waals surface area contributed by atoms with Gasteiger partial charge in [0.1, 0.15) is 0 Å². The molecule has 3 N–H and O–H groups in total. The van der Waals surface area contributed by atoms with Crippen LogP contribution in [0.25, 0.3) is 0 Å². The molecule has 0 atom stereocenters. The zero-order valence-electron chi connectivity index (χ0n) is 11.7. The molecule has 0 bridgehead atoms. The van der Waals surface area contributed by atoms with Crippen molar-refractivity contribution in [1.29, 1.82) is 0 Å². The molecule has 0 aliphatic carbocycles. The third-order valence-electron chi connectivity index (χ3n) is 2.75. The SMILES string of the molecule is O=C(O)CCCCC(=O)NC(=O)NCCc1ccncc1.